The minimum absolute atomic E-state index is 0.142. The maximum atomic E-state index is 13.6. The monoisotopic (exact) mass is 769 g/mol. The van der Waals surface area contributed by atoms with Crippen LogP contribution in [0.5, 0.6) is 0 Å². The first-order valence-corrected chi connectivity index (χ1v) is 19.5. The van der Waals surface area contributed by atoms with Crippen LogP contribution < -0.4 is 25.3 Å². The number of aryl methyl sites for hydroxylation is 1. The molecular formula is C52H43N5O2. The summed E-state index contributed by atoms with van der Waals surface area (Å²) in [4.78, 5) is 32.3. The number of nitrogens with one attached hydrogen (secondary N) is 2. The topological polar surface area (TPSA) is 67.9 Å². The SMILES string of the molecule is CNC(=O)c1ccc(N(c2ccccc2)c2ccc(C(=O)Nc3ccc(N(c4ccccc4)c4ccc(N(c5ccccc5)c5ccc(C)cc5)cc4)cc3)cc2)cc1. The van der Waals surface area contributed by atoms with Gasteiger partial charge < -0.3 is 25.3 Å². The molecule has 0 unspecified atom stereocenters. The molecule has 0 spiro atoms. The molecule has 0 fully saturated rings. The lowest BCUT2D eigenvalue weighted by Crippen LogP contribution is -2.18. The van der Waals surface area contributed by atoms with Gasteiger partial charge in [0.1, 0.15) is 0 Å². The van der Waals surface area contributed by atoms with Crippen molar-refractivity contribution in [3.63, 3.8) is 0 Å². The fourth-order valence-corrected chi connectivity index (χ4v) is 7.08. The minimum atomic E-state index is -0.211. The van der Waals surface area contributed by atoms with Crippen molar-refractivity contribution in [1.29, 1.82) is 0 Å². The van der Waals surface area contributed by atoms with Crippen molar-refractivity contribution in [2.75, 3.05) is 27.1 Å². The average Bonchev–Trinajstić information content (AvgIpc) is 3.30. The van der Waals surface area contributed by atoms with Gasteiger partial charge in [-0.05, 0) is 153 Å². The van der Waals surface area contributed by atoms with Crippen LogP contribution in [0.15, 0.2) is 212 Å². The van der Waals surface area contributed by atoms with Crippen LogP contribution in [0.2, 0.25) is 0 Å². The van der Waals surface area contributed by atoms with Crippen molar-refractivity contribution >= 4 is 68.7 Å². The molecular weight excluding hydrogens is 727 g/mol. The molecule has 8 rings (SSSR count). The lowest BCUT2D eigenvalue weighted by molar-refractivity contribution is 0.0962. The van der Waals surface area contributed by atoms with E-state index in [1.165, 1.54) is 5.56 Å². The Bertz CT molecular complexity index is 2620. The maximum absolute atomic E-state index is 13.6. The standard InChI is InChI=1S/C52H43N5O2/c1-38-18-26-45(27-19-38)55(42-12-6-3-7-13-42)49-34-36-50(37-35-49)57(44-16-10-5-11-17-44)48-32-24-41(25-33-48)54-52(59)40-22-30-47(31-23-40)56(43-14-8-4-9-15-43)46-28-20-39(21-29-46)51(58)53-2/h3-37H,1-2H3,(H,53,58)(H,54,59). The number of anilines is 10. The van der Waals surface area contributed by atoms with Crippen molar-refractivity contribution < 1.29 is 9.59 Å². The second kappa shape index (κ2) is 17.5. The van der Waals surface area contributed by atoms with Gasteiger partial charge in [0.15, 0.2) is 0 Å². The zero-order valence-electron chi connectivity index (χ0n) is 32.9. The van der Waals surface area contributed by atoms with Crippen molar-refractivity contribution in [2.45, 2.75) is 6.92 Å². The van der Waals surface area contributed by atoms with Gasteiger partial charge in [0.2, 0.25) is 0 Å². The molecule has 0 aliphatic heterocycles. The fourth-order valence-electron chi connectivity index (χ4n) is 7.08. The van der Waals surface area contributed by atoms with Gasteiger partial charge in [-0.15, -0.1) is 0 Å². The van der Waals surface area contributed by atoms with E-state index < -0.39 is 0 Å². The average molecular weight is 770 g/mol. The van der Waals surface area contributed by atoms with Crippen LogP contribution in [0, 0.1) is 6.92 Å². The molecule has 7 nitrogen and oxygen atoms in total. The number of nitrogens with zero attached hydrogens (tertiary/aromatic N) is 3. The molecule has 0 aromatic heterocycles. The summed E-state index contributed by atoms with van der Waals surface area (Å²) >= 11 is 0. The van der Waals surface area contributed by atoms with Crippen LogP contribution in [0.3, 0.4) is 0 Å². The molecule has 0 saturated heterocycles. The summed E-state index contributed by atoms with van der Waals surface area (Å²) in [6.45, 7) is 2.10. The Morgan fingerprint density at radius 3 is 0.949 bits per heavy atom. The Hall–Kier alpha value is -7.90. The summed E-state index contributed by atoms with van der Waals surface area (Å²) < 4.78 is 0. The van der Waals surface area contributed by atoms with Crippen LogP contribution in [-0.4, -0.2) is 18.9 Å². The molecule has 0 aliphatic rings. The van der Waals surface area contributed by atoms with E-state index in [2.05, 4.69) is 117 Å². The van der Waals surface area contributed by atoms with E-state index in [1.54, 1.807) is 19.2 Å². The van der Waals surface area contributed by atoms with E-state index in [0.29, 0.717) is 16.8 Å². The van der Waals surface area contributed by atoms with Crippen molar-refractivity contribution in [3.05, 3.63) is 229 Å². The number of rotatable bonds is 12. The summed E-state index contributed by atoms with van der Waals surface area (Å²) in [6, 6.07) is 70.7. The largest absolute Gasteiger partial charge is 0.355 e. The molecule has 2 amide bonds. The summed E-state index contributed by atoms with van der Waals surface area (Å²) in [5.41, 5.74) is 11.9. The van der Waals surface area contributed by atoms with Crippen LogP contribution in [0.25, 0.3) is 0 Å². The van der Waals surface area contributed by atoms with Gasteiger partial charge in [-0.1, -0.05) is 72.3 Å². The summed E-state index contributed by atoms with van der Waals surface area (Å²) in [5, 5.41) is 5.75. The molecule has 0 atom stereocenters. The van der Waals surface area contributed by atoms with E-state index in [0.717, 1.165) is 51.2 Å². The van der Waals surface area contributed by atoms with Gasteiger partial charge >= 0.3 is 0 Å². The third kappa shape index (κ3) is 8.60. The number of hydrogen-bond acceptors (Lipinski definition) is 5. The zero-order chi connectivity index (χ0) is 40.6. The molecule has 2 N–H and O–H groups in total. The first-order chi connectivity index (χ1) is 28.9. The van der Waals surface area contributed by atoms with E-state index in [1.807, 2.05) is 115 Å². The molecule has 0 aliphatic carbocycles. The number of benzene rings is 8. The third-order valence-electron chi connectivity index (χ3n) is 10.1. The Balaban J connectivity index is 1.02. The fraction of sp³-hybridized carbons (Fsp3) is 0.0385. The first kappa shape index (κ1) is 38.0. The highest BCUT2D eigenvalue weighted by atomic mass is 16.2. The molecule has 0 radical (unpaired) electrons. The molecule has 0 saturated carbocycles. The van der Waals surface area contributed by atoms with Gasteiger partial charge in [-0.2, -0.15) is 0 Å². The highest BCUT2D eigenvalue weighted by molar-refractivity contribution is 6.04. The number of amides is 2. The highest BCUT2D eigenvalue weighted by Crippen LogP contribution is 2.40. The summed E-state index contributed by atoms with van der Waals surface area (Å²) in [6.07, 6.45) is 0. The first-order valence-electron chi connectivity index (χ1n) is 19.5. The van der Waals surface area contributed by atoms with Gasteiger partial charge in [-0.3, -0.25) is 9.59 Å². The smallest absolute Gasteiger partial charge is 0.255 e. The van der Waals surface area contributed by atoms with E-state index in [4.69, 9.17) is 0 Å². The van der Waals surface area contributed by atoms with Crippen LogP contribution >= 0.6 is 0 Å². The lowest BCUT2D eigenvalue weighted by Gasteiger charge is -2.28. The number of carbonyl (C=O) groups is 2. The zero-order valence-corrected chi connectivity index (χ0v) is 32.9. The van der Waals surface area contributed by atoms with Gasteiger partial charge in [-0.25, -0.2) is 0 Å². The van der Waals surface area contributed by atoms with Gasteiger partial charge in [0, 0.05) is 75.0 Å². The van der Waals surface area contributed by atoms with Crippen molar-refractivity contribution in [2.24, 2.45) is 0 Å². The number of carbonyl (C=O) groups excluding carboxylic acids is 2. The molecule has 8 aromatic rings. The highest BCUT2D eigenvalue weighted by Gasteiger charge is 2.18. The Morgan fingerprint density at radius 2 is 0.610 bits per heavy atom. The Kier molecular flexibility index (Phi) is 11.3. The molecule has 59 heavy (non-hydrogen) atoms. The Labute approximate surface area is 345 Å². The predicted molar refractivity (Wildman–Crippen MR) is 243 cm³/mol. The van der Waals surface area contributed by atoms with Gasteiger partial charge in [0.05, 0.1) is 0 Å². The van der Waals surface area contributed by atoms with E-state index >= 15 is 0 Å². The predicted octanol–water partition coefficient (Wildman–Crippen LogP) is 13.0. The normalized spacial score (nSPS) is 10.7. The van der Waals surface area contributed by atoms with E-state index in [9.17, 15) is 9.59 Å². The molecule has 8 aromatic carbocycles. The third-order valence-corrected chi connectivity index (χ3v) is 10.1. The van der Waals surface area contributed by atoms with Crippen molar-refractivity contribution in [1.82, 2.24) is 5.32 Å². The summed E-state index contributed by atoms with van der Waals surface area (Å²) in [7, 11) is 1.62. The quantitative estimate of drug-likeness (QED) is 0.130. The molecule has 0 bridgehead atoms. The lowest BCUT2D eigenvalue weighted by atomic mass is 10.1. The maximum Gasteiger partial charge on any atom is 0.255 e. The molecule has 288 valence electrons. The van der Waals surface area contributed by atoms with Crippen LogP contribution in [0.4, 0.5) is 56.9 Å². The second-order valence-corrected chi connectivity index (χ2v) is 14.0. The van der Waals surface area contributed by atoms with Crippen LogP contribution in [0.1, 0.15) is 26.3 Å². The minimum Gasteiger partial charge on any atom is -0.355 e. The number of para-hydroxylation sites is 3. The molecule has 7 heteroatoms. The van der Waals surface area contributed by atoms with E-state index in [-0.39, 0.29) is 11.8 Å². The Morgan fingerprint density at radius 1 is 0.339 bits per heavy atom. The summed E-state index contributed by atoms with van der Waals surface area (Å²) in [5.74, 6) is -0.352. The number of hydrogen-bond donors (Lipinski definition) is 2. The van der Waals surface area contributed by atoms with Crippen LogP contribution in [-0.2, 0) is 0 Å². The van der Waals surface area contributed by atoms with Gasteiger partial charge in [0.25, 0.3) is 11.8 Å². The van der Waals surface area contributed by atoms with Crippen molar-refractivity contribution in [3.8, 4) is 0 Å². The second-order valence-electron chi connectivity index (χ2n) is 14.0. The molecule has 0 heterocycles.